The Morgan fingerprint density at radius 1 is 0.964 bits per heavy atom. The van der Waals surface area contributed by atoms with Gasteiger partial charge in [-0.25, -0.2) is 0 Å². The maximum absolute atomic E-state index is 12.3. The molecule has 0 saturated heterocycles. The molecule has 2 amide bonds. The van der Waals surface area contributed by atoms with Crippen molar-refractivity contribution in [3.05, 3.63) is 94.8 Å². The van der Waals surface area contributed by atoms with Gasteiger partial charge >= 0.3 is 0 Å². The fraction of sp³-hybridized carbons (Fsp3) is 0.136. The zero-order chi connectivity index (χ0) is 19.8. The van der Waals surface area contributed by atoms with Crippen LogP contribution < -0.4 is 10.6 Å². The van der Waals surface area contributed by atoms with E-state index in [4.69, 9.17) is 11.6 Å². The van der Waals surface area contributed by atoms with Crippen molar-refractivity contribution in [2.45, 2.75) is 19.4 Å². The van der Waals surface area contributed by atoms with E-state index in [1.165, 1.54) is 6.20 Å². The van der Waals surface area contributed by atoms with Crippen LogP contribution in [0.1, 0.15) is 27.9 Å². The molecular formula is C22H20ClN3O2. The minimum atomic E-state index is -0.211. The largest absolute Gasteiger partial charge is 0.348 e. The predicted molar refractivity (Wildman–Crippen MR) is 110 cm³/mol. The lowest BCUT2D eigenvalue weighted by molar-refractivity contribution is -0.116. The third-order valence-corrected chi connectivity index (χ3v) is 4.46. The smallest absolute Gasteiger partial charge is 0.253 e. The molecule has 0 saturated carbocycles. The van der Waals surface area contributed by atoms with Gasteiger partial charge in [0.25, 0.3) is 5.91 Å². The topological polar surface area (TPSA) is 71.1 Å². The molecule has 0 aliphatic carbocycles. The Labute approximate surface area is 168 Å². The number of hydrogen-bond donors (Lipinski definition) is 2. The van der Waals surface area contributed by atoms with Crippen LogP contribution in [0.2, 0.25) is 5.02 Å². The van der Waals surface area contributed by atoms with Crippen LogP contribution in [0.15, 0.2) is 73.1 Å². The fourth-order valence-electron chi connectivity index (χ4n) is 2.69. The number of pyridine rings is 1. The van der Waals surface area contributed by atoms with Gasteiger partial charge in [0.2, 0.25) is 5.91 Å². The molecule has 6 heteroatoms. The van der Waals surface area contributed by atoms with E-state index in [1.807, 2.05) is 48.5 Å². The maximum Gasteiger partial charge on any atom is 0.253 e. The zero-order valence-corrected chi connectivity index (χ0v) is 15.9. The van der Waals surface area contributed by atoms with E-state index in [1.54, 1.807) is 18.3 Å². The highest BCUT2D eigenvalue weighted by molar-refractivity contribution is 6.30. The first-order valence-electron chi connectivity index (χ1n) is 8.92. The Hall–Kier alpha value is -3.18. The molecular weight excluding hydrogens is 374 g/mol. The van der Waals surface area contributed by atoms with E-state index in [0.717, 1.165) is 11.1 Å². The molecule has 28 heavy (non-hydrogen) atoms. The molecule has 3 rings (SSSR count). The van der Waals surface area contributed by atoms with Crippen molar-refractivity contribution in [1.29, 1.82) is 0 Å². The van der Waals surface area contributed by atoms with E-state index in [0.29, 0.717) is 35.7 Å². The van der Waals surface area contributed by atoms with Crippen LogP contribution in [0.5, 0.6) is 0 Å². The van der Waals surface area contributed by atoms with Crippen molar-refractivity contribution in [3.63, 3.8) is 0 Å². The zero-order valence-electron chi connectivity index (χ0n) is 15.2. The molecule has 142 valence electrons. The number of nitrogens with zero attached hydrogens (tertiary/aromatic N) is 1. The van der Waals surface area contributed by atoms with Crippen LogP contribution in [0.4, 0.5) is 5.69 Å². The van der Waals surface area contributed by atoms with Crippen LogP contribution in [-0.2, 0) is 17.8 Å². The first-order valence-corrected chi connectivity index (χ1v) is 9.30. The molecule has 0 spiro atoms. The molecule has 0 aliphatic heterocycles. The normalized spacial score (nSPS) is 10.3. The van der Waals surface area contributed by atoms with Gasteiger partial charge in [0.05, 0.1) is 5.56 Å². The molecule has 0 unspecified atom stereocenters. The lowest BCUT2D eigenvalue weighted by atomic mass is 10.1. The molecule has 3 aromatic rings. The van der Waals surface area contributed by atoms with Gasteiger partial charge in [-0.1, -0.05) is 41.9 Å². The van der Waals surface area contributed by atoms with Crippen molar-refractivity contribution in [3.8, 4) is 0 Å². The van der Waals surface area contributed by atoms with Gasteiger partial charge in [-0.2, -0.15) is 0 Å². The number of aromatic nitrogens is 1. The maximum atomic E-state index is 12.3. The number of carbonyl (C=O) groups is 2. The minimum absolute atomic E-state index is 0.0824. The van der Waals surface area contributed by atoms with E-state index in [2.05, 4.69) is 15.6 Å². The Kier molecular flexibility index (Phi) is 6.76. The molecule has 0 atom stereocenters. The number of para-hydroxylation sites is 1. The summed E-state index contributed by atoms with van der Waals surface area (Å²) in [6, 6.07) is 18.3. The Morgan fingerprint density at radius 3 is 2.50 bits per heavy atom. The predicted octanol–water partition coefficient (Wildman–Crippen LogP) is 4.24. The molecule has 0 radical (unpaired) electrons. The van der Waals surface area contributed by atoms with Crippen molar-refractivity contribution in [2.75, 3.05) is 5.32 Å². The second-order valence-electron chi connectivity index (χ2n) is 6.26. The van der Waals surface area contributed by atoms with Crippen molar-refractivity contribution < 1.29 is 9.59 Å². The number of carbonyl (C=O) groups excluding carboxylic acids is 2. The summed E-state index contributed by atoms with van der Waals surface area (Å²) >= 11 is 5.88. The van der Waals surface area contributed by atoms with Crippen molar-refractivity contribution >= 4 is 29.1 Å². The molecule has 0 fully saturated rings. The van der Waals surface area contributed by atoms with Gasteiger partial charge in [-0.15, -0.1) is 0 Å². The summed E-state index contributed by atoms with van der Waals surface area (Å²) in [5, 5.41) is 6.45. The van der Waals surface area contributed by atoms with E-state index in [-0.39, 0.29) is 11.8 Å². The third-order valence-electron chi connectivity index (χ3n) is 4.21. The van der Waals surface area contributed by atoms with Gasteiger partial charge in [0, 0.05) is 36.1 Å². The highest BCUT2D eigenvalue weighted by atomic mass is 35.5. The standard InChI is InChI=1S/C22H20ClN3O2/c23-19-10-7-16(8-11-19)9-12-21(27)26-20-6-2-1-4-17(20)15-25-22(28)18-5-3-13-24-14-18/h1-8,10-11,13-14H,9,12,15H2,(H,25,28)(H,26,27). The quantitative estimate of drug-likeness (QED) is 0.630. The summed E-state index contributed by atoms with van der Waals surface area (Å²) in [5.41, 5.74) is 3.07. The van der Waals surface area contributed by atoms with Gasteiger partial charge in [0.1, 0.15) is 0 Å². The first kappa shape index (κ1) is 19.6. The number of nitrogens with one attached hydrogen (secondary N) is 2. The SMILES string of the molecule is O=C(CCc1ccc(Cl)cc1)Nc1ccccc1CNC(=O)c1cccnc1. The number of amides is 2. The number of hydrogen-bond acceptors (Lipinski definition) is 3. The van der Waals surface area contributed by atoms with Crippen molar-refractivity contribution in [2.24, 2.45) is 0 Å². The summed E-state index contributed by atoms with van der Waals surface area (Å²) in [4.78, 5) is 28.5. The van der Waals surface area contributed by atoms with Gasteiger partial charge in [0.15, 0.2) is 0 Å². The lowest BCUT2D eigenvalue weighted by Crippen LogP contribution is -2.24. The minimum Gasteiger partial charge on any atom is -0.348 e. The Balaban J connectivity index is 1.56. The molecule has 5 nitrogen and oxygen atoms in total. The molecule has 1 aromatic heterocycles. The number of benzene rings is 2. The number of halogens is 1. The fourth-order valence-corrected chi connectivity index (χ4v) is 2.82. The molecule has 0 aliphatic rings. The highest BCUT2D eigenvalue weighted by Gasteiger charge is 2.09. The van der Waals surface area contributed by atoms with E-state index < -0.39 is 0 Å². The molecule has 0 bridgehead atoms. The molecule has 1 heterocycles. The molecule has 2 aromatic carbocycles. The Morgan fingerprint density at radius 2 is 1.75 bits per heavy atom. The van der Waals surface area contributed by atoms with Gasteiger partial charge < -0.3 is 10.6 Å². The summed E-state index contributed by atoms with van der Waals surface area (Å²) in [7, 11) is 0. The third kappa shape index (κ3) is 5.66. The summed E-state index contributed by atoms with van der Waals surface area (Å²) in [5.74, 6) is -0.294. The summed E-state index contributed by atoms with van der Waals surface area (Å²) in [6.45, 7) is 0.307. The van der Waals surface area contributed by atoms with Crippen LogP contribution in [-0.4, -0.2) is 16.8 Å². The lowest BCUT2D eigenvalue weighted by Gasteiger charge is -2.12. The first-order chi connectivity index (χ1) is 13.6. The average Bonchev–Trinajstić information content (AvgIpc) is 2.73. The van der Waals surface area contributed by atoms with Crippen molar-refractivity contribution in [1.82, 2.24) is 10.3 Å². The van der Waals surface area contributed by atoms with Crippen LogP contribution in [0, 0.1) is 0 Å². The van der Waals surface area contributed by atoms with E-state index in [9.17, 15) is 9.59 Å². The number of aryl methyl sites for hydroxylation is 1. The Bertz CT molecular complexity index is 944. The highest BCUT2D eigenvalue weighted by Crippen LogP contribution is 2.16. The van der Waals surface area contributed by atoms with Gasteiger partial charge in [-0.3, -0.25) is 14.6 Å². The number of anilines is 1. The molecule has 2 N–H and O–H groups in total. The summed E-state index contributed by atoms with van der Waals surface area (Å²) < 4.78 is 0. The van der Waals surface area contributed by atoms with E-state index >= 15 is 0 Å². The summed E-state index contributed by atoms with van der Waals surface area (Å²) in [6.07, 6.45) is 4.12. The van der Waals surface area contributed by atoms with Crippen LogP contribution in [0.25, 0.3) is 0 Å². The van der Waals surface area contributed by atoms with Crippen LogP contribution >= 0.6 is 11.6 Å². The average molecular weight is 394 g/mol. The van der Waals surface area contributed by atoms with Gasteiger partial charge in [-0.05, 0) is 47.9 Å². The number of rotatable bonds is 7. The second kappa shape index (κ2) is 9.67. The monoisotopic (exact) mass is 393 g/mol. The van der Waals surface area contributed by atoms with Crippen LogP contribution in [0.3, 0.4) is 0 Å². The second-order valence-corrected chi connectivity index (χ2v) is 6.69.